The summed E-state index contributed by atoms with van der Waals surface area (Å²) in [4.78, 5) is 11.8. The summed E-state index contributed by atoms with van der Waals surface area (Å²) in [6.45, 7) is 2.82. The van der Waals surface area contributed by atoms with Crippen LogP contribution in [-0.2, 0) is 4.79 Å². The third kappa shape index (κ3) is 9.99. The Kier molecular flexibility index (Phi) is 10.7. The molecule has 0 aromatic heterocycles. The molecule has 1 amide bonds. The van der Waals surface area contributed by atoms with E-state index in [1.54, 1.807) is 24.3 Å². The monoisotopic (exact) mass is 416 g/mol. The van der Waals surface area contributed by atoms with Gasteiger partial charge in [-0.1, -0.05) is 62.8 Å². The highest BCUT2D eigenvalue weighted by molar-refractivity contribution is 6.30. The van der Waals surface area contributed by atoms with Gasteiger partial charge in [0.1, 0.15) is 11.5 Å². The molecule has 0 spiro atoms. The summed E-state index contributed by atoms with van der Waals surface area (Å²) in [6.07, 6.45) is 8.96. The van der Waals surface area contributed by atoms with E-state index in [9.17, 15) is 4.79 Å². The van der Waals surface area contributed by atoms with Crippen molar-refractivity contribution in [1.82, 2.24) is 5.43 Å². The number of amides is 1. The molecule has 0 aliphatic rings. The van der Waals surface area contributed by atoms with Crippen LogP contribution in [0.15, 0.2) is 53.6 Å². The minimum absolute atomic E-state index is 0.120. The van der Waals surface area contributed by atoms with Crippen LogP contribution in [0, 0.1) is 0 Å². The second-order valence-corrected chi connectivity index (χ2v) is 7.16. The van der Waals surface area contributed by atoms with Crippen molar-refractivity contribution in [2.45, 2.75) is 45.4 Å². The maximum Gasteiger partial charge on any atom is 0.277 e. The van der Waals surface area contributed by atoms with Gasteiger partial charge in [0.05, 0.1) is 12.8 Å². The van der Waals surface area contributed by atoms with Crippen molar-refractivity contribution < 1.29 is 14.3 Å². The van der Waals surface area contributed by atoms with Crippen LogP contribution < -0.4 is 14.9 Å². The van der Waals surface area contributed by atoms with Gasteiger partial charge in [-0.05, 0) is 48.4 Å². The Balaban J connectivity index is 1.62. The molecule has 0 saturated carbocycles. The molecule has 5 nitrogen and oxygen atoms in total. The molecule has 0 unspecified atom stereocenters. The number of carbonyl (C=O) groups excluding carboxylic acids is 1. The number of ether oxygens (including phenoxy) is 2. The van der Waals surface area contributed by atoms with Crippen molar-refractivity contribution in [1.29, 1.82) is 0 Å². The molecule has 6 heteroatoms. The van der Waals surface area contributed by atoms with E-state index in [2.05, 4.69) is 17.5 Å². The van der Waals surface area contributed by atoms with Crippen LogP contribution in [-0.4, -0.2) is 25.3 Å². The molecule has 2 aromatic rings. The first kappa shape index (κ1) is 22.8. The van der Waals surface area contributed by atoms with Crippen molar-refractivity contribution in [3.63, 3.8) is 0 Å². The fourth-order valence-electron chi connectivity index (χ4n) is 2.65. The molecule has 2 rings (SSSR count). The maximum atomic E-state index is 11.8. The number of nitrogens with one attached hydrogen (secondary N) is 1. The van der Waals surface area contributed by atoms with Gasteiger partial charge < -0.3 is 9.47 Å². The number of hydrazone groups is 1. The Hall–Kier alpha value is -2.53. The lowest BCUT2D eigenvalue weighted by molar-refractivity contribution is -0.123. The molecule has 1 N–H and O–H groups in total. The number of rotatable bonds is 13. The topological polar surface area (TPSA) is 59.9 Å². The van der Waals surface area contributed by atoms with Crippen LogP contribution in [0.5, 0.6) is 11.5 Å². The third-order valence-electron chi connectivity index (χ3n) is 4.21. The molecule has 0 bridgehead atoms. The van der Waals surface area contributed by atoms with Gasteiger partial charge in [0.2, 0.25) is 0 Å². The maximum absolute atomic E-state index is 11.8. The molecular weight excluding hydrogens is 388 g/mol. The first-order chi connectivity index (χ1) is 14.2. The summed E-state index contributed by atoms with van der Waals surface area (Å²) in [6, 6.07) is 14.5. The highest BCUT2D eigenvalue weighted by Gasteiger charge is 2.02. The summed E-state index contributed by atoms with van der Waals surface area (Å²) in [5, 5.41) is 4.50. The van der Waals surface area contributed by atoms with E-state index in [1.165, 1.54) is 38.3 Å². The SMILES string of the molecule is CCCCCCCCOc1ccc(OCC(=O)N/N=C\c2cccc(Cl)c2)cc1. The normalized spacial score (nSPS) is 10.8. The summed E-state index contributed by atoms with van der Waals surface area (Å²) < 4.78 is 11.2. The second kappa shape index (κ2) is 13.6. The van der Waals surface area contributed by atoms with Crippen LogP contribution in [0.1, 0.15) is 51.0 Å². The van der Waals surface area contributed by atoms with Crippen LogP contribution >= 0.6 is 11.6 Å². The summed E-state index contributed by atoms with van der Waals surface area (Å²) in [5.74, 6) is 1.07. The van der Waals surface area contributed by atoms with Crippen molar-refractivity contribution in [2.75, 3.05) is 13.2 Å². The second-order valence-electron chi connectivity index (χ2n) is 6.72. The predicted octanol–water partition coefficient (Wildman–Crippen LogP) is 5.61. The van der Waals surface area contributed by atoms with Gasteiger partial charge in [0, 0.05) is 5.02 Å². The predicted molar refractivity (Wildman–Crippen MR) is 118 cm³/mol. The van der Waals surface area contributed by atoms with E-state index >= 15 is 0 Å². The van der Waals surface area contributed by atoms with Gasteiger partial charge in [-0.15, -0.1) is 0 Å². The van der Waals surface area contributed by atoms with E-state index in [4.69, 9.17) is 21.1 Å². The molecule has 0 atom stereocenters. The minimum Gasteiger partial charge on any atom is -0.494 e. The Morgan fingerprint density at radius 2 is 1.69 bits per heavy atom. The van der Waals surface area contributed by atoms with E-state index in [1.807, 2.05) is 24.3 Å². The molecule has 29 heavy (non-hydrogen) atoms. The smallest absolute Gasteiger partial charge is 0.277 e. The standard InChI is InChI=1S/C23H29ClN2O3/c1-2-3-4-5-6-7-15-28-21-11-13-22(14-12-21)29-18-23(27)26-25-17-19-9-8-10-20(24)16-19/h8-14,16-17H,2-7,15,18H2,1H3,(H,26,27)/b25-17-. The van der Waals surface area contributed by atoms with E-state index in [0.29, 0.717) is 10.8 Å². The van der Waals surface area contributed by atoms with Crippen molar-refractivity contribution in [3.05, 3.63) is 59.1 Å². The van der Waals surface area contributed by atoms with Gasteiger partial charge >= 0.3 is 0 Å². The van der Waals surface area contributed by atoms with Crippen LogP contribution in [0.3, 0.4) is 0 Å². The van der Waals surface area contributed by atoms with Gasteiger partial charge in [-0.2, -0.15) is 5.10 Å². The molecule has 2 aromatic carbocycles. The van der Waals surface area contributed by atoms with E-state index in [-0.39, 0.29) is 12.5 Å². The van der Waals surface area contributed by atoms with Crippen LogP contribution in [0.4, 0.5) is 0 Å². The zero-order valence-corrected chi connectivity index (χ0v) is 17.7. The average molecular weight is 417 g/mol. The summed E-state index contributed by atoms with van der Waals surface area (Å²) >= 11 is 5.90. The largest absolute Gasteiger partial charge is 0.494 e. The first-order valence-electron chi connectivity index (χ1n) is 10.1. The number of hydrogen-bond donors (Lipinski definition) is 1. The fourth-order valence-corrected chi connectivity index (χ4v) is 2.85. The Labute approximate surface area is 178 Å². The number of benzene rings is 2. The number of nitrogens with zero attached hydrogens (tertiary/aromatic N) is 1. The quantitative estimate of drug-likeness (QED) is 0.262. The highest BCUT2D eigenvalue weighted by atomic mass is 35.5. The van der Waals surface area contributed by atoms with Crippen molar-refractivity contribution in [3.8, 4) is 11.5 Å². The average Bonchev–Trinajstić information content (AvgIpc) is 2.72. The molecular formula is C23H29ClN2O3. The third-order valence-corrected chi connectivity index (χ3v) is 4.45. The Bertz CT molecular complexity index is 763. The lowest BCUT2D eigenvalue weighted by Gasteiger charge is -2.08. The highest BCUT2D eigenvalue weighted by Crippen LogP contribution is 2.18. The number of carbonyl (C=O) groups is 1. The molecule has 0 aliphatic heterocycles. The lowest BCUT2D eigenvalue weighted by atomic mass is 10.1. The summed E-state index contributed by atoms with van der Waals surface area (Å²) in [5.41, 5.74) is 3.22. The van der Waals surface area contributed by atoms with Gasteiger partial charge in [0.15, 0.2) is 6.61 Å². The van der Waals surface area contributed by atoms with Crippen LogP contribution in [0.25, 0.3) is 0 Å². The molecule has 0 heterocycles. The zero-order valence-electron chi connectivity index (χ0n) is 16.9. The zero-order chi connectivity index (χ0) is 20.7. The van der Waals surface area contributed by atoms with Crippen molar-refractivity contribution >= 4 is 23.7 Å². The van der Waals surface area contributed by atoms with Gasteiger partial charge in [0.25, 0.3) is 5.91 Å². The number of halogens is 1. The molecule has 156 valence electrons. The number of hydrogen-bond acceptors (Lipinski definition) is 4. The van der Waals surface area contributed by atoms with Gasteiger partial charge in [-0.25, -0.2) is 5.43 Å². The minimum atomic E-state index is -0.341. The van der Waals surface area contributed by atoms with Crippen molar-refractivity contribution in [2.24, 2.45) is 5.10 Å². The van der Waals surface area contributed by atoms with E-state index < -0.39 is 0 Å². The lowest BCUT2D eigenvalue weighted by Crippen LogP contribution is -2.24. The first-order valence-corrected chi connectivity index (χ1v) is 10.5. The molecule has 0 fully saturated rings. The van der Waals surface area contributed by atoms with E-state index in [0.717, 1.165) is 24.3 Å². The molecule has 0 aliphatic carbocycles. The number of unbranched alkanes of at least 4 members (excludes halogenated alkanes) is 5. The molecule has 0 saturated heterocycles. The molecule has 0 radical (unpaired) electrons. The fraction of sp³-hybridized carbons (Fsp3) is 0.391. The Morgan fingerprint density at radius 1 is 1.00 bits per heavy atom. The Morgan fingerprint density at radius 3 is 2.41 bits per heavy atom. The van der Waals surface area contributed by atoms with Crippen LogP contribution in [0.2, 0.25) is 5.02 Å². The summed E-state index contributed by atoms with van der Waals surface area (Å²) in [7, 11) is 0. The van der Waals surface area contributed by atoms with Gasteiger partial charge in [-0.3, -0.25) is 4.79 Å².